The molecule has 2 aromatic carbocycles. The maximum atomic E-state index is 13.7. The molecule has 6 atom stereocenters. The van der Waals surface area contributed by atoms with Gasteiger partial charge in [-0.05, 0) is 42.2 Å². The first-order valence-electron chi connectivity index (χ1n) is 13.1. The van der Waals surface area contributed by atoms with Crippen LogP contribution in [0.2, 0.25) is 0 Å². The second-order valence-electron chi connectivity index (χ2n) is 11.0. The van der Waals surface area contributed by atoms with Crippen LogP contribution in [-0.4, -0.2) is 73.0 Å². The van der Waals surface area contributed by atoms with Crippen LogP contribution >= 0.6 is 23.2 Å². The van der Waals surface area contributed by atoms with Crippen LogP contribution in [0.5, 0.6) is 5.75 Å². The van der Waals surface area contributed by atoms with Crippen molar-refractivity contribution in [2.24, 2.45) is 17.8 Å². The number of aliphatic carboxylic acids is 1. The molecule has 6 rings (SSSR count). The quantitative estimate of drug-likeness (QED) is 0.312. The van der Waals surface area contributed by atoms with Crippen molar-refractivity contribution < 1.29 is 34.2 Å². The van der Waals surface area contributed by atoms with Gasteiger partial charge in [0, 0.05) is 31.3 Å². The number of imide groups is 2. The molecule has 2 saturated heterocycles. The molecule has 0 spiro atoms. The number of fused-ring (bicyclic) bond motifs is 5. The van der Waals surface area contributed by atoms with Gasteiger partial charge < -0.3 is 10.2 Å². The van der Waals surface area contributed by atoms with Crippen molar-refractivity contribution in [2.75, 3.05) is 13.6 Å². The summed E-state index contributed by atoms with van der Waals surface area (Å²) in [5, 5.41) is 20.7. The number of phenols is 1. The smallest absolute Gasteiger partial charge is 0.303 e. The van der Waals surface area contributed by atoms with E-state index in [1.165, 1.54) is 13.1 Å². The lowest BCUT2D eigenvalue weighted by Crippen LogP contribution is -2.60. The standard InChI is InChI=1S/C29H26Cl2N2O7/c1-32-26(39)28(30)13-19-17(8-9-18-22(19)25(38)33(24(18)37)12-4-7-21(35)36)23(29(28,31)27(32)40)16-10-11-20(34)15-6-3-2-5-14(15)16/h2-3,5-6,8,10-11,18-19,22-23,34H,4,7,9,12-13H2,1H3,(H,35,36)/t18-,19+,22-,23-,28+,29-/m0/s1. The predicted octanol–water partition coefficient (Wildman–Crippen LogP) is 3.40. The van der Waals surface area contributed by atoms with Crippen LogP contribution in [-0.2, 0) is 24.0 Å². The molecule has 208 valence electrons. The Morgan fingerprint density at radius 3 is 2.40 bits per heavy atom. The van der Waals surface area contributed by atoms with Crippen LogP contribution in [0, 0.1) is 17.8 Å². The van der Waals surface area contributed by atoms with E-state index in [1.54, 1.807) is 30.3 Å². The van der Waals surface area contributed by atoms with Gasteiger partial charge in [-0.1, -0.05) is 42.0 Å². The molecule has 4 amide bonds. The Morgan fingerprint density at radius 2 is 1.70 bits per heavy atom. The summed E-state index contributed by atoms with van der Waals surface area (Å²) in [5.41, 5.74) is 1.24. The fraction of sp³-hybridized carbons (Fsp3) is 0.414. The number of carboxylic acid groups (broad SMARTS) is 1. The van der Waals surface area contributed by atoms with E-state index < -0.39 is 57.1 Å². The Kier molecular flexibility index (Phi) is 6.05. The maximum absolute atomic E-state index is 13.7. The fourth-order valence-electron chi connectivity index (χ4n) is 7.32. The molecular weight excluding hydrogens is 559 g/mol. The minimum Gasteiger partial charge on any atom is -0.507 e. The van der Waals surface area contributed by atoms with Gasteiger partial charge in [0.05, 0.1) is 11.8 Å². The zero-order chi connectivity index (χ0) is 28.7. The van der Waals surface area contributed by atoms with Crippen molar-refractivity contribution in [3.63, 3.8) is 0 Å². The minimum atomic E-state index is -1.91. The van der Waals surface area contributed by atoms with Gasteiger partial charge in [-0.2, -0.15) is 0 Å². The maximum Gasteiger partial charge on any atom is 0.303 e. The third-order valence-corrected chi connectivity index (χ3v) is 10.5. The highest BCUT2D eigenvalue weighted by Crippen LogP contribution is 2.65. The van der Waals surface area contributed by atoms with E-state index in [9.17, 15) is 29.1 Å². The number of benzene rings is 2. The number of carbonyl (C=O) groups excluding carboxylic acids is 4. The third kappa shape index (κ3) is 3.37. The number of phenolic OH excluding ortho intramolecular Hbond substituents is 1. The van der Waals surface area contributed by atoms with Gasteiger partial charge in [0.25, 0.3) is 11.8 Å². The Morgan fingerprint density at radius 1 is 1.00 bits per heavy atom. The summed E-state index contributed by atoms with van der Waals surface area (Å²) in [6, 6.07) is 10.2. The van der Waals surface area contributed by atoms with Crippen molar-refractivity contribution in [3.8, 4) is 5.75 Å². The minimum absolute atomic E-state index is 0.0172. The molecule has 40 heavy (non-hydrogen) atoms. The molecule has 2 aliphatic heterocycles. The first kappa shape index (κ1) is 26.8. The molecule has 3 fully saturated rings. The summed E-state index contributed by atoms with van der Waals surface area (Å²) < 4.78 is 0. The number of allylic oxidation sites excluding steroid dienone is 2. The van der Waals surface area contributed by atoms with Gasteiger partial charge in [-0.25, -0.2) is 0 Å². The number of carbonyl (C=O) groups is 5. The molecule has 0 aromatic heterocycles. The predicted molar refractivity (Wildman–Crippen MR) is 145 cm³/mol. The summed E-state index contributed by atoms with van der Waals surface area (Å²) in [6.07, 6.45) is 1.90. The van der Waals surface area contributed by atoms with Gasteiger partial charge in [-0.15, -0.1) is 23.2 Å². The molecule has 2 N–H and O–H groups in total. The highest BCUT2D eigenvalue weighted by Gasteiger charge is 2.76. The molecule has 2 aliphatic carbocycles. The average molecular weight is 585 g/mol. The third-order valence-electron chi connectivity index (χ3n) is 9.12. The Bertz CT molecular complexity index is 1560. The summed E-state index contributed by atoms with van der Waals surface area (Å²) in [7, 11) is 1.33. The van der Waals surface area contributed by atoms with Crippen molar-refractivity contribution in [1.82, 2.24) is 9.80 Å². The highest BCUT2D eigenvalue weighted by atomic mass is 35.5. The molecule has 2 heterocycles. The normalized spacial score (nSPS) is 33.2. The molecule has 4 aliphatic rings. The van der Waals surface area contributed by atoms with E-state index in [4.69, 9.17) is 28.3 Å². The van der Waals surface area contributed by atoms with Gasteiger partial charge in [0.2, 0.25) is 11.8 Å². The number of nitrogens with zero attached hydrogens (tertiary/aromatic N) is 2. The molecular formula is C29H26Cl2N2O7. The number of halogens is 2. The number of alkyl halides is 2. The summed E-state index contributed by atoms with van der Waals surface area (Å²) >= 11 is 14.4. The number of hydrogen-bond donors (Lipinski definition) is 2. The lowest BCUT2D eigenvalue weighted by atomic mass is 9.56. The molecule has 2 aromatic rings. The number of aromatic hydroxyl groups is 1. The first-order chi connectivity index (χ1) is 18.9. The Hall–Kier alpha value is -3.43. The second kappa shape index (κ2) is 9.04. The van der Waals surface area contributed by atoms with Crippen molar-refractivity contribution in [2.45, 2.75) is 41.3 Å². The summed E-state index contributed by atoms with van der Waals surface area (Å²) in [4.78, 5) is 63.6. The van der Waals surface area contributed by atoms with Crippen LogP contribution in [0.15, 0.2) is 48.0 Å². The van der Waals surface area contributed by atoms with Crippen LogP contribution < -0.4 is 0 Å². The van der Waals surface area contributed by atoms with E-state index >= 15 is 0 Å². The molecule has 1 saturated carbocycles. The summed E-state index contributed by atoms with van der Waals surface area (Å²) in [6.45, 7) is -0.0172. The Balaban J connectivity index is 1.52. The van der Waals surface area contributed by atoms with E-state index in [0.717, 1.165) is 9.80 Å². The topological polar surface area (TPSA) is 132 Å². The number of rotatable bonds is 5. The monoisotopic (exact) mass is 584 g/mol. The largest absolute Gasteiger partial charge is 0.507 e. The van der Waals surface area contributed by atoms with Crippen LogP contribution in [0.4, 0.5) is 0 Å². The molecule has 0 radical (unpaired) electrons. The lowest BCUT2D eigenvalue weighted by Gasteiger charge is -2.51. The van der Waals surface area contributed by atoms with E-state index in [1.807, 2.05) is 6.08 Å². The zero-order valence-electron chi connectivity index (χ0n) is 21.5. The lowest BCUT2D eigenvalue weighted by molar-refractivity contribution is -0.142. The molecule has 11 heteroatoms. The van der Waals surface area contributed by atoms with Gasteiger partial charge >= 0.3 is 5.97 Å². The van der Waals surface area contributed by atoms with Crippen molar-refractivity contribution >= 4 is 63.6 Å². The van der Waals surface area contributed by atoms with Crippen LogP contribution in [0.3, 0.4) is 0 Å². The van der Waals surface area contributed by atoms with Crippen molar-refractivity contribution in [3.05, 3.63) is 53.6 Å². The SMILES string of the molecule is CN1C(=O)[C@]2(Cl)C[C@@H]3C(=CC[C@@H]4C(=O)N(CCCC(=O)O)C(=O)[C@@H]43)[C@H](c3ccc(O)c4ccccc34)[C@]2(Cl)C1=O. The molecule has 0 unspecified atom stereocenters. The Labute approximate surface area is 239 Å². The van der Waals surface area contributed by atoms with Gasteiger partial charge in [0.1, 0.15) is 5.75 Å². The van der Waals surface area contributed by atoms with Crippen molar-refractivity contribution in [1.29, 1.82) is 0 Å². The van der Waals surface area contributed by atoms with E-state index in [2.05, 4.69) is 0 Å². The van der Waals surface area contributed by atoms with E-state index in [-0.39, 0.29) is 43.9 Å². The van der Waals surface area contributed by atoms with Gasteiger partial charge in [0.15, 0.2) is 9.75 Å². The second-order valence-corrected chi connectivity index (χ2v) is 12.3. The molecule has 9 nitrogen and oxygen atoms in total. The summed E-state index contributed by atoms with van der Waals surface area (Å²) in [5.74, 6) is -6.22. The number of hydrogen-bond acceptors (Lipinski definition) is 6. The highest BCUT2D eigenvalue weighted by molar-refractivity contribution is 6.53. The zero-order valence-corrected chi connectivity index (χ0v) is 23.0. The number of amides is 4. The number of carboxylic acids is 1. The first-order valence-corrected chi connectivity index (χ1v) is 13.9. The van der Waals surface area contributed by atoms with E-state index in [0.29, 0.717) is 21.9 Å². The fourth-order valence-corrected chi connectivity index (χ4v) is 8.33. The molecule has 0 bridgehead atoms. The average Bonchev–Trinajstić information content (AvgIpc) is 3.24. The van der Waals surface area contributed by atoms with Gasteiger partial charge in [-0.3, -0.25) is 33.8 Å². The van der Waals surface area contributed by atoms with Crippen LogP contribution in [0.25, 0.3) is 10.8 Å². The van der Waals surface area contributed by atoms with Crippen LogP contribution in [0.1, 0.15) is 37.2 Å². The number of likely N-dealkylation sites (tertiary alicyclic amines) is 2.